The summed E-state index contributed by atoms with van der Waals surface area (Å²) in [6, 6.07) is 18.1. The highest BCUT2D eigenvalue weighted by atomic mass is 16.5. The van der Waals surface area contributed by atoms with E-state index in [9.17, 15) is 4.79 Å². The van der Waals surface area contributed by atoms with Gasteiger partial charge in [-0.15, -0.1) is 0 Å². The lowest BCUT2D eigenvalue weighted by Crippen LogP contribution is -2.37. The molecule has 2 N–H and O–H groups in total. The lowest BCUT2D eigenvalue weighted by molar-refractivity contribution is 0.0646. The number of carbonyl (C=O) groups is 1. The summed E-state index contributed by atoms with van der Waals surface area (Å²) in [7, 11) is 1.77. The molecule has 32 heavy (non-hydrogen) atoms. The molecular formula is C26H36N4O2. The van der Waals surface area contributed by atoms with Crippen LogP contribution in [0.4, 0.5) is 0 Å². The van der Waals surface area contributed by atoms with Gasteiger partial charge in [0.15, 0.2) is 5.96 Å². The summed E-state index contributed by atoms with van der Waals surface area (Å²) in [4.78, 5) is 18.8. The summed E-state index contributed by atoms with van der Waals surface area (Å²) in [6.07, 6.45) is 4.43. The molecule has 1 fully saturated rings. The number of guanidine groups is 1. The summed E-state index contributed by atoms with van der Waals surface area (Å²) in [5.41, 5.74) is 3.08. The van der Waals surface area contributed by atoms with Gasteiger partial charge in [-0.05, 0) is 55.9 Å². The van der Waals surface area contributed by atoms with Crippen molar-refractivity contribution >= 4 is 11.9 Å². The number of amides is 1. The molecule has 172 valence electrons. The van der Waals surface area contributed by atoms with Crippen LogP contribution < -0.4 is 10.6 Å². The number of rotatable bonds is 9. The molecule has 2 aromatic carbocycles. The zero-order valence-electron chi connectivity index (χ0n) is 19.3. The highest BCUT2D eigenvalue weighted by Gasteiger charge is 2.17. The third-order valence-corrected chi connectivity index (χ3v) is 5.78. The Bertz CT molecular complexity index is 846. The molecule has 0 saturated carbocycles. The van der Waals surface area contributed by atoms with Crippen LogP contribution in [0, 0.1) is 0 Å². The van der Waals surface area contributed by atoms with Gasteiger partial charge in [0.05, 0.1) is 6.10 Å². The molecule has 0 spiro atoms. The number of ether oxygens (including phenoxy) is 1. The van der Waals surface area contributed by atoms with Crippen molar-refractivity contribution in [3.8, 4) is 0 Å². The van der Waals surface area contributed by atoms with Crippen molar-refractivity contribution in [3.63, 3.8) is 0 Å². The van der Waals surface area contributed by atoms with Crippen LogP contribution >= 0.6 is 0 Å². The Morgan fingerprint density at radius 3 is 2.44 bits per heavy atom. The van der Waals surface area contributed by atoms with Crippen LogP contribution in [0.1, 0.15) is 60.2 Å². The number of nitrogens with zero attached hydrogens (tertiary/aromatic N) is 2. The largest absolute Gasteiger partial charge is 0.374 e. The first-order valence-corrected chi connectivity index (χ1v) is 11.7. The van der Waals surface area contributed by atoms with Gasteiger partial charge < -0.3 is 20.3 Å². The minimum atomic E-state index is 0.0957. The van der Waals surface area contributed by atoms with E-state index in [0.29, 0.717) is 13.2 Å². The third-order valence-electron chi connectivity index (χ3n) is 5.78. The Balaban J connectivity index is 1.34. The normalized spacial score (nSPS) is 15.3. The minimum absolute atomic E-state index is 0.0957. The Morgan fingerprint density at radius 2 is 1.75 bits per heavy atom. The predicted molar refractivity (Wildman–Crippen MR) is 130 cm³/mol. The molecular weight excluding hydrogens is 400 g/mol. The maximum atomic E-state index is 12.6. The summed E-state index contributed by atoms with van der Waals surface area (Å²) in [5.74, 6) is 0.903. The summed E-state index contributed by atoms with van der Waals surface area (Å²) in [6.45, 7) is 5.95. The molecule has 1 aliphatic rings. The summed E-state index contributed by atoms with van der Waals surface area (Å²) in [5, 5.41) is 6.65. The second-order valence-corrected chi connectivity index (χ2v) is 8.18. The van der Waals surface area contributed by atoms with Crippen LogP contribution in [0.2, 0.25) is 0 Å². The molecule has 3 rings (SSSR count). The molecule has 1 saturated heterocycles. The van der Waals surface area contributed by atoms with Gasteiger partial charge in [0, 0.05) is 45.4 Å². The Hall–Kier alpha value is -2.86. The van der Waals surface area contributed by atoms with Crippen LogP contribution in [0.15, 0.2) is 59.6 Å². The van der Waals surface area contributed by atoms with Crippen LogP contribution in [0.5, 0.6) is 0 Å². The molecule has 1 aliphatic heterocycles. The van der Waals surface area contributed by atoms with Gasteiger partial charge >= 0.3 is 0 Å². The fraction of sp³-hybridized carbons (Fsp3) is 0.462. The number of carbonyl (C=O) groups excluding carboxylic acids is 1. The minimum Gasteiger partial charge on any atom is -0.374 e. The zero-order chi connectivity index (χ0) is 22.6. The molecule has 6 nitrogen and oxygen atoms in total. The molecule has 0 aliphatic carbocycles. The van der Waals surface area contributed by atoms with Crippen LogP contribution in [-0.2, 0) is 11.3 Å². The van der Waals surface area contributed by atoms with Gasteiger partial charge in [-0.2, -0.15) is 0 Å². The second kappa shape index (κ2) is 12.9. The van der Waals surface area contributed by atoms with Gasteiger partial charge in [-0.3, -0.25) is 9.79 Å². The lowest BCUT2D eigenvalue weighted by Gasteiger charge is -2.26. The molecule has 0 radical (unpaired) electrons. The van der Waals surface area contributed by atoms with Gasteiger partial charge in [0.2, 0.25) is 0 Å². The third kappa shape index (κ3) is 7.38. The van der Waals surface area contributed by atoms with Crippen LogP contribution in [-0.4, -0.2) is 50.1 Å². The van der Waals surface area contributed by atoms with E-state index >= 15 is 0 Å². The van der Waals surface area contributed by atoms with E-state index in [-0.39, 0.29) is 12.0 Å². The average Bonchev–Trinajstić information content (AvgIpc) is 2.86. The molecule has 6 heteroatoms. The van der Waals surface area contributed by atoms with E-state index in [1.807, 2.05) is 47.4 Å². The number of aliphatic imine (C=N–C) groups is 1. The highest BCUT2D eigenvalue weighted by Crippen LogP contribution is 2.16. The van der Waals surface area contributed by atoms with E-state index in [1.54, 1.807) is 7.05 Å². The van der Waals surface area contributed by atoms with E-state index < -0.39 is 0 Å². The molecule has 1 heterocycles. The first-order valence-electron chi connectivity index (χ1n) is 11.7. The topological polar surface area (TPSA) is 66.0 Å². The van der Waals surface area contributed by atoms with Gasteiger partial charge in [-0.25, -0.2) is 0 Å². The summed E-state index contributed by atoms with van der Waals surface area (Å²) >= 11 is 0. The number of piperidine rings is 1. The molecule has 1 atom stereocenters. The first-order chi connectivity index (χ1) is 15.7. The quantitative estimate of drug-likeness (QED) is 0.352. The van der Waals surface area contributed by atoms with E-state index in [0.717, 1.165) is 56.0 Å². The number of hydrogen-bond donors (Lipinski definition) is 2. The first kappa shape index (κ1) is 23.8. The van der Waals surface area contributed by atoms with Gasteiger partial charge in [-0.1, -0.05) is 42.5 Å². The Kier molecular flexibility index (Phi) is 9.57. The van der Waals surface area contributed by atoms with E-state index in [1.165, 1.54) is 12.0 Å². The smallest absolute Gasteiger partial charge is 0.253 e. The molecule has 1 unspecified atom stereocenters. The number of likely N-dealkylation sites (tertiary alicyclic amines) is 1. The van der Waals surface area contributed by atoms with Gasteiger partial charge in [0.25, 0.3) is 5.91 Å². The van der Waals surface area contributed by atoms with E-state index in [2.05, 4.69) is 34.7 Å². The fourth-order valence-corrected chi connectivity index (χ4v) is 3.81. The number of hydrogen-bond acceptors (Lipinski definition) is 3. The molecule has 0 bridgehead atoms. The fourth-order valence-electron chi connectivity index (χ4n) is 3.81. The van der Waals surface area contributed by atoms with Crippen molar-refractivity contribution in [2.75, 3.05) is 33.3 Å². The SMILES string of the molecule is CN=C(NCCCOC(C)c1ccccc1)NCc1ccc(C(=O)N2CCCCC2)cc1. The van der Waals surface area contributed by atoms with Crippen molar-refractivity contribution in [1.82, 2.24) is 15.5 Å². The molecule has 1 amide bonds. The lowest BCUT2D eigenvalue weighted by atomic mass is 10.1. The van der Waals surface area contributed by atoms with Crippen LogP contribution in [0.25, 0.3) is 0 Å². The van der Waals surface area contributed by atoms with Crippen LogP contribution in [0.3, 0.4) is 0 Å². The highest BCUT2D eigenvalue weighted by molar-refractivity contribution is 5.94. The summed E-state index contributed by atoms with van der Waals surface area (Å²) < 4.78 is 5.92. The standard InChI is InChI=1S/C26H36N4O2/c1-21(23-10-5-3-6-11-23)32-19-9-16-28-26(27-2)29-20-22-12-14-24(15-13-22)25(31)30-17-7-4-8-18-30/h3,5-6,10-15,21H,4,7-9,16-20H2,1-2H3,(H2,27,28,29). The van der Waals surface area contributed by atoms with Crippen molar-refractivity contribution in [2.45, 2.75) is 45.3 Å². The predicted octanol–water partition coefficient (Wildman–Crippen LogP) is 4.15. The van der Waals surface area contributed by atoms with Crippen molar-refractivity contribution < 1.29 is 9.53 Å². The average molecular weight is 437 g/mol. The molecule has 0 aromatic heterocycles. The maximum Gasteiger partial charge on any atom is 0.253 e. The second-order valence-electron chi connectivity index (χ2n) is 8.18. The molecule has 2 aromatic rings. The zero-order valence-corrected chi connectivity index (χ0v) is 19.3. The Labute approximate surface area is 192 Å². The van der Waals surface area contributed by atoms with Gasteiger partial charge in [0.1, 0.15) is 0 Å². The van der Waals surface area contributed by atoms with E-state index in [4.69, 9.17) is 4.74 Å². The Morgan fingerprint density at radius 1 is 1.03 bits per heavy atom. The van der Waals surface area contributed by atoms with Crippen molar-refractivity contribution in [3.05, 3.63) is 71.3 Å². The van der Waals surface area contributed by atoms with Crippen molar-refractivity contribution in [1.29, 1.82) is 0 Å². The monoisotopic (exact) mass is 436 g/mol. The maximum absolute atomic E-state index is 12.6. The van der Waals surface area contributed by atoms with Crippen molar-refractivity contribution in [2.24, 2.45) is 4.99 Å². The number of nitrogens with one attached hydrogen (secondary N) is 2. The number of benzene rings is 2.